The van der Waals surface area contributed by atoms with Crippen molar-refractivity contribution in [1.29, 1.82) is 0 Å². The Bertz CT molecular complexity index is 1410. The van der Waals surface area contributed by atoms with Gasteiger partial charge in [-0.2, -0.15) is 0 Å². The topological polar surface area (TPSA) is 74.5 Å². The molecule has 2 amide bonds. The minimum atomic E-state index is -0.0370. The van der Waals surface area contributed by atoms with Gasteiger partial charge in [0.25, 0.3) is 0 Å². The Morgan fingerprint density at radius 3 is 1.36 bits per heavy atom. The Hall–Kier alpha value is -2.58. The van der Waals surface area contributed by atoms with Crippen molar-refractivity contribution in [2.24, 2.45) is 14.1 Å². The molecule has 42 heavy (non-hydrogen) atoms. The molecule has 0 bridgehead atoms. The van der Waals surface area contributed by atoms with Crippen molar-refractivity contribution in [2.75, 3.05) is 52.4 Å². The average molecular weight is 703 g/mol. The standard InChI is InChI=1S/C32H44N6O2Se2/c1-7-37(8-2)21-19-33-29(39)27-23-15-11-13-17-25(23)35(5)31(27)41-42-32-28(24-16-12-14-18-26(24)36(32)6)30(40)34-20-22-38(9-3)10-4/h11-18H,7-10,19-22H2,1-6H3,(H,33,39)(H,34,40). The maximum atomic E-state index is 13.7. The summed E-state index contributed by atoms with van der Waals surface area (Å²) in [6, 6.07) is 16.3. The predicted octanol–water partition coefficient (Wildman–Crippen LogP) is 2.09. The first-order valence-electron chi connectivity index (χ1n) is 14.9. The van der Waals surface area contributed by atoms with Crippen LogP contribution in [0.2, 0.25) is 0 Å². The van der Waals surface area contributed by atoms with E-state index < -0.39 is 0 Å². The second-order valence-corrected chi connectivity index (χ2v) is 16.2. The van der Waals surface area contributed by atoms with Gasteiger partial charge in [0.05, 0.1) is 0 Å². The summed E-state index contributed by atoms with van der Waals surface area (Å²) in [5.41, 5.74) is 3.67. The zero-order chi connectivity index (χ0) is 30.2. The van der Waals surface area contributed by atoms with Crippen molar-refractivity contribution in [2.45, 2.75) is 27.7 Å². The van der Waals surface area contributed by atoms with Gasteiger partial charge >= 0.3 is 262 Å². The molecule has 0 aliphatic rings. The summed E-state index contributed by atoms with van der Waals surface area (Å²) < 4.78 is 6.51. The fraction of sp³-hybridized carbons (Fsp3) is 0.438. The number of carbonyl (C=O) groups excluding carboxylic acids is 2. The van der Waals surface area contributed by atoms with Crippen LogP contribution in [0.15, 0.2) is 48.5 Å². The first-order chi connectivity index (χ1) is 20.4. The van der Waals surface area contributed by atoms with Crippen LogP contribution in [0.5, 0.6) is 0 Å². The van der Waals surface area contributed by atoms with E-state index in [0.29, 0.717) is 13.1 Å². The molecule has 0 radical (unpaired) electrons. The quantitative estimate of drug-likeness (QED) is 0.186. The first kappa shape index (κ1) is 32.3. The number of likely N-dealkylation sites (N-methyl/N-ethyl adjacent to an activating group) is 2. The van der Waals surface area contributed by atoms with E-state index in [9.17, 15) is 9.59 Å². The van der Waals surface area contributed by atoms with Gasteiger partial charge in [-0.3, -0.25) is 0 Å². The molecule has 0 saturated carbocycles. The van der Waals surface area contributed by atoms with E-state index in [1.54, 1.807) is 0 Å². The fourth-order valence-corrected chi connectivity index (χ4v) is 13.8. The van der Waals surface area contributed by atoms with E-state index >= 15 is 0 Å². The number of nitrogens with one attached hydrogen (secondary N) is 2. The summed E-state index contributed by atoms with van der Waals surface area (Å²) >= 11 is -0.0740. The predicted molar refractivity (Wildman–Crippen MR) is 177 cm³/mol. The van der Waals surface area contributed by atoms with E-state index in [1.807, 2.05) is 36.4 Å². The Morgan fingerprint density at radius 2 is 1.00 bits per heavy atom. The third-order valence-corrected chi connectivity index (χ3v) is 15.2. The van der Waals surface area contributed by atoms with Crippen LogP contribution in [0.4, 0.5) is 0 Å². The number of rotatable bonds is 15. The monoisotopic (exact) mass is 704 g/mol. The third-order valence-electron chi connectivity index (χ3n) is 7.98. The second-order valence-electron chi connectivity index (χ2n) is 10.2. The summed E-state index contributed by atoms with van der Waals surface area (Å²) in [7, 11) is 4.12. The summed E-state index contributed by atoms with van der Waals surface area (Å²) in [6.45, 7) is 15.3. The summed E-state index contributed by atoms with van der Waals surface area (Å²) in [5, 5.41) is 8.36. The van der Waals surface area contributed by atoms with Gasteiger partial charge < -0.3 is 0 Å². The molecule has 0 unspecified atom stereocenters. The van der Waals surface area contributed by atoms with E-state index in [4.69, 9.17) is 0 Å². The zero-order valence-corrected chi connectivity index (χ0v) is 29.1. The van der Waals surface area contributed by atoms with Crippen LogP contribution in [0.3, 0.4) is 0 Å². The molecule has 0 atom stereocenters. The Kier molecular flexibility index (Phi) is 11.7. The minimum absolute atomic E-state index is 0.0157. The number of hydrogen-bond donors (Lipinski definition) is 2. The summed E-state index contributed by atoms with van der Waals surface area (Å²) in [6.07, 6.45) is 0. The van der Waals surface area contributed by atoms with Gasteiger partial charge in [0.1, 0.15) is 0 Å². The van der Waals surface area contributed by atoms with Crippen molar-refractivity contribution < 1.29 is 9.59 Å². The average Bonchev–Trinajstić information content (AvgIpc) is 3.46. The van der Waals surface area contributed by atoms with E-state index in [-0.39, 0.29) is 38.1 Å². The number of fused-ring (bicyclic) bond motifs is 2. The molecular formula is C32H44N6O2Se2. The molecule has 2 aromatic heterocycles. The van der Waals surface area contributed by atoms with Crippen molar-refractivity contribution in [1.82, 2.24) is 29.6 Å². The van der Waals surface area contributed by atoms with Gasteiger partial charge in [-0.05, 0) is 0 Å². The van der Waals surface area contributed by atoms with Gasteiger partial charge in [0, 0.05) is 0 Å². The summed E-state index contributed by atoms with van der Waals surface area (Å²) in [4.78, 5) is 32.0. The van der Waals surface area contributed by atoms with Gasteiger partial charge in [-0.25, -0.2) is 0 Å². The van der Waals surface area contributed by atoms with Gasteiger partial charge in [0.2, 0.25) is 0 Å². The van der Waals surface area contributed by atoms with E-state index in [2.05, 4.69) is 83.5 Å². The maximum absolute atomic E-state index is 13.7. The molecule has 2 heterocycles. The normalized spacial score (nSPS) is 11.7. The number of amides is 2. The molecule has 4 rings (SSSR count). The number of carbonyl (C=O) groups is 2. The molecule has 0 saturated heterocycles. The molecule has 2 N–H and O–H groups in total. The van der Waals surface area contributed by atoms with Crippen LogP contribution in [0.25, 0.3) is 21.8 Å². The van der Waals surface area contributed by atoms with Crippen LogP contribution in [0.1, 0.15) is 48.4 Å². The molecule has 226 valence electrons. The van der Waals surface area contributed by atoms with Crippen molar-refractivity contribution in [3.05, 3.63) is 59.7 Å². The zero-order valence-electron chi connectivity index (χ0n) is 25.7. The van der Waals surface area contributed by atoms with E-state index in [0.717, 1.165) is 81.4 Å². The molecular weight excluding hydrogens is 658 g/mol. The second kappa shape index (κ2) is 15.2. The van der Waals surface area contributed by atoms with Crippen molar-refractivity contribution >= 4 is 69.1 Å². The van der Waals surface area contributed by atoms with Crippen LogP contribution < -0.4 is 19.8 Å². The summed E-state index contributed by atoms with van der Waals surface area (Å²) in [5.74, 6) is -0.0314. The van der Waals surface area contributed by atoms with Crippen molar-refractivity contribution in [3.63, 3.8) is 0 Å². The number of para-hydroxylation sites is 2. The Morgan fingerprint density at radius 1 is 0.643 bits per heavy atom. The molecule has 10 heteroatoms. The van der Waals surface area contributed by atoms with Gasteiger partial charge in [0.15, 0.2) is 0 Å². The first-order valence-corrected chi connectivity index (χ1v) is 20.9. The van der Waals surface area contributed by atoms with Gasteiger partial charge in [-0.1, -0.05) is 0 Å². The number of hydrogen-bond acceptors (Lipinski definition) is 4. The van der Waals surface area contributed by atoms with Crippen LogP contribution >= 0.6 is 0 Å². The molecule has 2 aromatic carbocycles. The number of nitrogens with zero attached hydrogens (tertiary/aromatic N) is 4. The number of benzene rings is 2. The molecule has 0 aliphatic heterocycles. The van der Waals surface area contributed by atoms with Crippen LogP contribution in [-0.2, 0) is 14.1 Å². The number of aromatic nitrogens is 2. The Labute approximate surface area is 261 Å². The molecule has 0 spiro atoms. The molecule has 0 aliphatic carbocycles. The van der Waals surface area contributed by atoms with Crippen LogP contribution in [-0.4, -0.2) is 109 Å². The SMILES string of the molecule is CCN(CC)CCNC(=O)c1c([Se][Se]c2c(C(=O)NCCN(CC)CC)c3ccccc3n2C)n(C)c2ccccc12. The van der Waals surface area contributed by atoms with Gasteiger partial charge in [-0.15, -0.1) is 0 Å². The third kappa shape index (κ3) is 6.96. The fourth-order valence-electron chi connectivity index (χ4n) is 5.36. The molecule has 0 fully saturated rings. The van der Waals surface area contributed by atoms with E-state index in [1.165, 1.54) is 0 Å². The molecule has 4 aromatic rings. The van der Waals surface area contributed by atoms with Crippen LogP contribution in [0, 0.1) is 0 Å². The number of aryl methyl sites for hydroxylation is 2. The molecule has 8 nitrogen and oxygen atoms in total. The van der Waals surface area contributed by atoms with Crippen molar-refractivity contribution in [3.8, 4) is 0 Å². The Balaban J connectivity index is 1.64.